The Morgan fingerprint density at radius 1 is 1.19 bits per heavy atom. The van der Waals surface area contributed by atoms with Crippen LogP contribution >= 0.6 is 11.3 Å². The molecule has 0 saturated carbocycles. The van der Waals surface area contributed by atoms with Gasteiger partial charge in [0.25, 0.3) is 10.1 Å². The van der Waals surface area contributed by atoms with Crippen LogP contribution in [0.15, 0.2) is 53.6 Å². The third-order valence-corrected chi connectivity index (χ3v) is 6.18. The number of hydrogen-bond donors (Lipinski definition) is 1. The fourth-order valence-corrected chi connectivity index (χ4v) is 4.23. The molecule has 31 heavy (non-hydrogen) atoms. The van der Waals surface area contributed by atoms with Gasteiger partial charge in [0.05, 0.1) is 22.2 Å². The van der Waals surface area contributed by atoms with Crippen LogP contribution in [-0.2, 0) is 14.3 Å². The number of nitrogens with zero attached hydrogens (tertiary/aromatic N) is 3. The Kier molecular flexibility index (Phi) is 7.13. The summed E-state index contributed by atoms with van der Waals surface area (Å²) in [6.45, 7) is -1.84. The maximum atomic E-state index is 12.1. The number of para-hydroxylation sites is 1. The average molecular weight is 473 g/mol. The van der Waals surface area contributed by atoms with Gasteiger partial charge in [0.15, 0.2) is 6.61 Å². The lowest BCUT2D eigenvalue weighted by Crippen LogP contribution is -2.28. The highest BCUT2D eigenvalue weighted by atomic mass is 32.2. The van der Waals surface area contributed by atoms with Crippen LogP contribution in [0.3, 0.4) is 0 Å². The number of alkyl halides is 3. The zero-order valence-corrected chi connectivity index (χ0v) is 18.0. The molecule has 1 heterocycles. The molecule has 2 aromatic carbocycles. The summed E-state index contributed by atoms with van der Waals surface area (Å²) in [6.07, 6.45) is -3.08. The first-order valence-corrected chi connectivity index (χ1v) is 11.4. The first kappa shape index (κ1) is 23.0. The van der Waals surface area contributed by atoms with Crippen LogP contribution in [0.1, 0.15) is 5.56 Å². The quantitative estimate of drug-likeness (QED) is 0.287. The molecule has 0 spiro atoms. The van der Waals surface area contributed by atoms with E-state index in [4.69, 9.17) is 0 Å². The molecular weight excluding hydrogens is 453 g/mol. The van der Waals surface area contributed by atoms with Gasteiger partial charge in [-0.05, 0) is 29.8 Å². The monoisotopic (exact) mass is 472 g/mol. The summed E-state index contributed by atoms with van der Waals surface area (Å²) in [5, 5.41) is 4.83. The summed E-state index contributed by atoms with van der Waals surface area (Å²) >= 11 is 1.49. The fraction of sp³-hybridized carbons (Fsp3) is 0.263. The Morgan fingerprint density at radius 2 is 1.90 bits per heavy atom. The Hall–Kier alpha value is -2.70. The first-order valence-electron chi connectivity index (χ1n) is 9.01. The zero-order chi connectivity index (χ0) is 22.5. The van der Waals surface area contributed by atoms with E-state index >= 15 is 0 Å². The standard InChI is InChI=1S/C19H19F3N4O3S2/c1-26(10-11-31(27,28)29-13-19(20,21)22)15-8-6-14(7-9-15)12-23-25-18-24-16-4-2-3-5-17(16)30-18/h2-9,12H,10-11,13H2,1H3,(H,24,25). The minimum Gasteiger partial charge on any atom is -0.373 e. The van der Waals surface area contributed by atoms with Crippen molar-refractivity contribution in [1.29, 1.82) is 0 Å². The molecule has 3 rings (SSSR count). The predicted molar refractivity (Wildman–Crippen MR) is 116 cm³/mol. The van der Waals surface area contributed by atoms with Gasteiger partial charge in [-0.2, -0.15) is 26.7 Å². The van der Waals surface area contributed by atoms with Crippen LogP contribution in [0.5, 0.6) is 0 Å². The fourth-order valence-electron chi connectivity index (χ4n) is 2.49. The lowest BCUT2D eigenvalue weighted by Gasteiger charge is -2.19. The summed E-state index contributed by atoms with van der Waals surface area (Å²) in [4.78, 5) is 6.02. The SMILES string of the molecule is CN(CCS(=O)(=O)OCC(F)(F)F)c1ccc(C=NNc2nc3ccccc3s2)cc1. The molecule has 1 aromatic heterocycles. The van der Waals surface area contributed by atoms with Gasteiger partial charge in [-0.3, -0.25) is 9.61 Å². The van der Waals surface area contributed by atoms with Crippen molar-refractivity contribution in [3.05, 3.63) is 54.1 Å². The number of anilines is 2. The number of hydrazone groups is 1. The molecule has 0 fully saturated rings. The van der Waals surface area contributed by atoms with E-state index in [1.165, 1.54) is 11.3 Å². The number of fused-ring (bicyclic) bond motifs is 1. The van der Waals surface area contributed by atoms with Crippen molar-refractivity contribution < 1.29 is 25.8 Å². The number of benzene rings is 2. The number of rotatable bonds is 9. The van der Waals surface area contributed by atoms with Gasteiger partial charge in [0.1, 0.15) is 0 Å². The van der Waals surface area contributed by atoms with Crippen LogP contribution < -0.4 is 10.3 Å². The van der Waals surface area contributed by atoms with E-state index in [-0.39, 0.29) is 6.54 Å². The normalized spacial score (nSPS) is 12.5. The molecular formula is C19H19F3N4O3S2. The molecule has 7 nitrogen and oxygen atoms in total. The predicted octanol–water partition coefficient (Wildman–Crippen LogP) is 4.09. The Bertz CT molecular complexity index is 1110. The van der Waals surface area contributed by atoms with E-state index in [1.807, 2.05) is 24.3 Å². The second kappa shape index (κ2) is 9.62. The summed E-state index contributed by atoms with van der Waals surface area (Å²) in [6, 6.07) is 14.8. The van der Waals surface area contributed by atoms with E-state index in [2.05, 4.69) is 19.7 Å². The second-order valence-electron chi connectivity index (χ2n) is 6.51. The molecule has 0 atom stereocenters. The molecule has 0 aliphatic rings. The highest BCUT2D eigenvalue weighted by Crippen LogP contribution is 2.25. The van der Waals surface area contributed by atoms with Crippen molar-refractivity contribution in [2.45, 2.75) is 6.18 Å². The maximum Gasteiger partial charge on any atom is 0.413 e. The lowest BCUT2D eigenvalue weighted by molar-refractivity contribution is -0.152. The second-order valence-corrected chi connectivity index (χ2v) is 9.30. The Balaban J connectivity index is 1.51. The average Bonchev–Trinajstić information content (AvgIpc) is 3.14. The molecule has 0 unspecified atom stereocenters. The van der Waals surface area contributed by atoms with Crippen molar-refractivity contribution in [1.82, 2.24) is 4.98 Å². The van der Waals surface area contributed by atoms with Crippen molar-refractivity contribution >= 4 is 48.7 Å². The molecule has 0 radical (unpaired) electrons. The largest absolute Gasteiger partial charge is 0.413 e. The number of aromatic nitrogens is 1. The number of thiazole rings is 1. The Labute approximate surface area is 181 Å². The first-order chi connectivity index (χ1) is 14.6. The van der Waals surface area contributed by atoms with Gasteiger partial charge in [0, 0.05) is 19.3 Å². The van der Waals surface area contributed by atoms with Crippen molar-refractivity contribution in [3.63, 3.8) is 0 Å². The van der Waals surface area contributed by atoms with Crippen LogP contribution in [0.2, 0.25) is 0 Å². The molecule has 0 bridgehead atoms. The van der Waals surface area contributed by atoms with Crippen LogP contribution in [0, 0.1) is 0 Å². The van der Waals surface area contributed by atoms with Crippen LogP contribution in [-0.4, -0.2) is 51.7 Å². The van der Waals surface area contributed by atoms with Gasteiger partial charge < -0.3 is 4.90 Å². The van der Waals surface area contributed by atoms with Crippen molar-refractivity contribution in [2.75, 3.05) is 36.3 Å². The van der Waals surface area contributed by atoms with Gasteiger partial charge in [-0.15, -0.1) is 0 Å². The minimum atomic E-state index is -4.70. The van der Waals surface area contributed by atoms with Crippen LogP contribution in [0.4, 0.5) is 24.0 Å². The molecule has 3 aromatic rings. The minimum absolute atomic E-state index is 0.0210. The molecule has 166 valence electrons. The van der Waals surface area contributed by atoms with Gasteiger partial charge in [-0.1, -0.05) is 35.6 Å². The van der Waals surface area contributed by atoms with Gasteiger partial charge >= 0.3 is 6.18 Å². The molecule has 0 aliphatic carbocycles. The molecule has 0 saturated heterocycles. The summed E-state index contributed by atoms with van der Waals surface area (Å²) in [5.41, 5.74) is 5.27. The number of halogens is 3. The van der Waals surface area contributed by atoms with E-state index in [9.17, 15) is 21.6 Å². The summed E-state index contributed by atoms with van der Waals surface area (Å²) < 4.78 is 64.5. The van der Waals surface area contributed by atoms with E-state index in [0.29, 0.717) is 10.8 Å². The number of nitrogens with one attached hydrogen (secondary N) is 1. The molecule has 0 amide bonds. The third kappa shape index (κ3) is 7.19. The van der Waals surface area contributed by atoms with Gasteiger partial charge in [0.2, 0.25) is 5.13 Å². The van der Waals surface area contributed by atoms with E-state index < -0.39 is 28.7 Å². The summed E-state index contributed by atoms with van der Waals surface area (Å²) in [7, 11) is -2.63. The lowest BCUT2D eigenvalue weighted by atomic mass is 10.2. The molecule has 1 N–H and O–H groups in total. The Morgan fingerprint density at radius 3 is 2.58 bits per heavy atom. The van der Waals surface area contributed by atoms with Gasteiger partial charge in [-0.25, -0.2) is 4.98 Å². The topological polar surface area (TPSA) is 83.9 Å². The van der Waals surface area contributed by atoms with E-state index in [1.54, 1.807) is 42.4 Å². The maximum absolute atomic E-state index is 12.1. The highest BCUT2D eigenvalue weighted by Gasteiger charge is 2.30. The van der Waals surface area contributed by atoms with Crippen molar-refractivity contribution in [2.24, 2.45) is 5.10 Å². The number of hydrogen-bond acceptors (Lipinski definition) is 8. The molecule has 12 heteroatoms. The van der Waals surface area contributed by atoms with E-state index in [0.717, 1.165) is 15.8 Å². The van der Waals surface area contributed by atoms with Crippen molar-refractivity contribution in [3.8, 4) is 0 Å². The van der Waals surface area contributed by atoms with Crippen LogP contribution in [0.25, 0.3) is 10.2 Å². The third-order valence-electron chi connectivity index (χ3n) is 4.08. The smallest absolute Gasteiger partial charge is 0.373 e. The molecule has 0 aliphatic heterocycles. The summed E-state index contributed by atoms with van der Waals surface area (Å²) in [5.74, 6) is -0.561. The highest BCUT2D eigenvalue weighted by molar-refractivity contribution is 7.86. The zero-order valence-electron chi connectivity index (χ0n) is 16.3.